The van der Waals surface area contributed by atoms with E-state index in [9.17, 15) is 9.59 Å². The molecule has 0 unspecified atom stereocenters. The third kappa shape index (κ3) is 4.21. The van der Waals surface area contributed by atoms with Gasteiger partial charge in [-0.3, -0.25) is 30.1 Å². The Morgan fingerprint density at radius 3 is 2.78 bits per heavy atom. The Morgan fingerprint density at radius 2 is 1.92 bits per heavy atom. The van der Waals surface area contributed by atoms with E-state index >= 15 is 0 Å². The van der Waals surface area contributed by atoms with Crippen LogP contribution in [0.4, 0.5) is 11.1 Å². The van der Waals surface area contributed by atoms with E-state index in [2.05, 4.69) is 42.4 Å². The highest BCUT2D eigenvalue weighted by Gasteiger charge is 2.22. The van der Waals surface area contributed by atoms with Crippen molar-refractivity contribution in [3.05, 3.63) is 76.6 Å². The first kappa shape index (κ1) is 22.3. The van der Waals surface area contributed by atoms with Gasteiger partial charge in [-0.15, -0.1) is 11.3 Å². The van der Waals surface area contributed by atoms with Crippen molar-refractivity contribution >= 4 is 56.0 Å². The van der Waals surface area contributed by atoms with Crippen molar-refractivity contribution in [1.29, 1.82) is 0 Å². The number of carbonyl (C=O) groups is 2. The molecule has 4 heterocycles. The smallest absolute Gasteiger partial charge is 0.276 e. The molecule has 3 aromatic heterocycles. The molecule has 0 radical (unpaired) electrons. The number of nitrogens with one attached hydrogen (secondary N) is 3. The van der Waals surface area contributed by atoms with Gasteiger partial charge in [0.05, 0.1) is 22.3 Å². The second kappa shape index (κ2) is 9.14. The van der Waals surface area contributed by atoms with Crippen LogP contribution in [0, 0.1) is 0 Å². The average Bonchev–Trinajstić information content (AvgIpc) is 3.50. The Balaban J connectivity index is 1.22. The van der Waals surface area contributed by atoms with Crippen LogP contribution in [0.1, 0.15) is 38.3 Å². The van der Waals surface area contributed by atoms with Crippen molar-refractivity contribution in [2.75, 3.05) is 23.7 Å². The minimum atomic E-state index is -0.389. The maximum absolute atomic E-state index is 13.1. The molecule has 0 saturated heterocycles. The number of nitrogens with zero attached hydrogens (tertiary/aromatic N) is 4. The molecule has 180 valence electrons. The van der Waals surface area contributed by atoms with E-state index < -0.39 is 0 Å². The molecule has 1 aliphatic heterocycles. The molecular weight excluding hydrogens is 474 g/mol. The number of hydrogen-bond acceptors (Lipinski definition) is 7. The Hall–Kier alpha value is -4.15. The van der Waals surface area contributed by atoms with Gasteiger partial charge in [0.1, 0.15) is 5.69 Å². The molecule has 10 heteroatoms. The second-order valence-corrected chi connectivity index (χ2v) is 9.70. The van der Waals surface area contributed by atoms with E-state index in [0.29, 0.717) is 21.7 Å². The first-order valence-corrected chi connectivity index (χ1v) is 12.6. The summed E-state index contributed by atoms with van der Waals surface area (Å²) in [6.45, 7) is 4.99. The number of anilines is 2. The zero-order chi connectivity index (χ0) is 24.6. The second-order valence-electron chi connectivity index (χ2n) is 8.62. The molecule has 2 amide bonds. The van der Waals surface area contributed by atoms with Gasteiger partial charge in [0.15, 0.2) is 5.13 Å². The van der Waals surface area contributed by atoms with Crippen molar-refractivity contribution in [3.8, 4) is 0 Å². The fourth-order valence-corrected chi connectivity index (χ4v) is 5.44. The zero-order valence-corrected chi connectivity index (χ0v) is 20.4. The van der Waals surface area contributed by atoms with Crippen LogP contribution in [-0.2, 0) is 13.0 Å². The number of H-pyrrole nitrogens is 1. The molecule has 5 aromatic rings. The lowest BCUT2D eigenvalue weighted by molar-refractivity contribution is 0.101. The highest BCUT2D eigenvalue weighted by molar-refractivity contribution is 7.15. The van der Waals surface area contributed by atoms with Gasteiger partial charge in [-0.1, -0.05) is 37.3 Å². The van der Waals surface area contributed by atoms with Crippen molar-refractivity contribution in [1.82, 2.24) is 24.8 Å². The summed E-state index contributed by atoms with van der Waals surface area (Å²) in [5.41, 5.74) is 2.87. The lowest BCUT2D eigenvalue weighted by atomic mass is 10.1. The van der Waals surface area contributed by atoms with Gasteiger partial charge in [-0.2, -0.15) is 0 Å². The number of imidazole rings is 1. The van der Waals surface area contributed by atoms with Crippen LogP contribution in [0.3, 0.4) is 0 Å². The Labute approximate surface area is 210 Å². The predicted octanol–water partition coefficient (Wildman–Crippen LogP) is 4.45. The minimum Gasteiger partial charge on any atom is -0.323 e. The first-order valence-electron chi connectivity index (χ1n) is 11.7. The van der Waals surface area contributed by atoms with Crippen molar-refractivity contribution in [3.63, 3.8) is 0 Å². The standard InChI is InChI=1S/C26H23N7O2S/c1-2-33-11-10-18-21(14-33)36-26(29-18)32-23(34)17-8-5-9-19-22(17)30-25(28-19)31-24(35)20-12-15-6-3-4-7-16(15)13-27-20/h3-9,12-13H,2,10-11,14H2,1H3,(H,29,32,34)(H2,28,30,31,35). The molecule has 0 spiro atoms. The molecule has 0 saturated carbocycles. The van der Waals surface area contributed by atoms with E-state index in [1.54, 1.807) is 30.5 Å². The fourth-order valence-electron chi connectivity index (χ4n) is 4.40. The molecule has 0 bridgehead atoms. The summed E-state index contributed by atoms with van der Waals surface area (Å²) in [6, 6.07) is 14.7. The van der Waals surface area contributed by atoms with E-state index in [4.69, 9.17) is 0 Å². The van der Waals surface area contributed by atoms with Gasteiger partial charge >= 0.3 is 0 Å². The normalized spacial score (nSPS) is 13.6. The Kier molecular flexibility index (Phi) is 5.67. The number of amides is 2. The quantitative estimate of drug-likeness (QED) is 0.330. The van der Waals surface area contributed by atoms with Gasteiger partial charge in [-0.05, 0) is 30.1 Å². The van der Waals surface area contributed by atoms with Crippen LogP contribution in [0.5, 0.6) is 0 Å². The molecule has 6 rings (SSSR count). The Bertz CT molecular complexity index is 1620. The van der Waals surface area contributed by atoms with Crippen molar-refractivity contribution in [2.45, 2.75) is 19.9 Å². The monoisotopic (exact) mass is 497 g/mol. The largest absolute Gasteiger partial charge is 0.323 e. The number of aromatic nitrogens is 4. The third-order valence-electron chi connectivity index (χ3n) is 6.34. The maximum atomic E-state index is 13.1. The number of carbonyl (C=O) groups excluding carboxylic acids is 2. The maximum Gasteiger partial charge on any atom is 0.276 e. The lowest BCUT2D eigenvalue weighted by Crippen LogP contribution is -2.29. The van der Waals surface area contributed by atoms with Gasteiger partial charge in [0.2, 0.25) is 5.95 Å². The minimum absolute atomic E-state index is 0.245. The lowest BCUT2D eigenvalue weighted by Gasteiger charge is -2.23. The topological polar surface area (TPSA) is 116 Å². The molecule has 0 atom stereocenters. The molecule has 0 aliphatic carbocycles. The fraction of sp³-hybridized carbons (Fsp3) is 0.192. The number of thiazole rings is 1. The average molecular weight is 498 g/mol. The van der Waals surface area contributed by atoms with Crippen molar-refractivity contribution in [2.24, 2.45) is 0 Å². The highest BCUT2D eigenvalue weighted by atomic mass is 32.1. The van der Waals surface area contributed by atoms with Crippen LogP contribution in [0.25, 0.3) is 21.8 Å². The molecule has 2 aromatic carbocycles. The van der Waals surface area contributed by atoms with Gasteiger partial charge in [-0.25, -0.2) is 9.97 Å². The third-order valence-corrected chi connectivity index (χ3v) is 7.33. The molecule has 3 N–H and O–H groups in total. The van der Waals surface area contributed by atoms with Crippen LogP contribution < -0.4 is 10.6 Å². The first-order chi connectivity index (χ1) is 17.6. The zero-order valence-electron chi connectivity index (χ0n) is 19.5. The van der Waals surface area contributed by atoms with E-state index in [-0.39, 0.29) is 23.5 Å². The van der Waals surface area contributed by atoms with Crippen LogP contribution in [0.15, 0.2) is 54.7 Å². The number of para-hydroxylation sites is 1. The Morgan fingerprint density at radius 1 is 1.06 bits per heavy atom. The summed E-state index contributed by atoms with van der Waals surface area (Å²) in [5, 5.41) is 8.17. The molecule has 9 nitrogen and oxygen atoms in total. The van der Waals surface area contributed by atoms with E-state index in [1.807, 2.05) is 24.3 Å². The van der Waals surface area contributed by atoms with Crippen molar-refractivity contribution < 1.29 is 9.59 Å². The number of aromatic amines is 1. The molecule has 0 fully saturated rings. The summed E-state index contributed by atoms with van der Waals surface area (Å²) >= 11 is 1.52. The summed E-state index contributed by atoms with van der Waals surface area (Å²) in [5.74, 6) is -0.424. The van der Waals surface area contributed by atoms with E-state index in [1.165, 1.54) is 16.2 Å². The van der Waals surface area contributed by atoms with Gasteiger partial charge in [0, 0.05) is 36.0 Å². The molecule has 1 aliphatic rings. The summed E-state index contributed by atoms with van der Waals surface area (Å²) in [4.78, 5) is 45.9. The SMILES string of the molecule is CCN1CCc2nc(NC(=O)c3cccc4nc(NC(=O)c5cc6ccccc6cn5)[nH]c34)sc2C1. The van der Waals surface area contributed by atoms with Crippen LogP contribution >= 0.6 is 11.3 Å². The van der Waals surface area contributed by atoms with Crippen LogP contribution in [-0.4, -0.2) is 49.7 Å². The number of pyridine rings is 1. The number of likely N-dealkylation sites (N-methyl/N-ethyl adjacent to an activating group) is 1. The number of fused-ring (bicyclic) bond motifs is 3. The number of rotatable bonds is 5. The molecular formula is C26H23N7O2S. The highest BCUT2D eigenvalue weighted by Crippen LogP contribution is 2.29. The summed E-state index contributed by atoms with van der Waals surface area (Å²) in [7, 11) is 0. The van der Waals surface area contributed by atoms with Gasteiger partial charge in [0.25, 0.3) is 11.8 Å². The molecule has 36 heavy (non-hydrogen) atoms. The number of hydrogen-bond donors (Lipinski definition) is 3. The van der Waals surface area contributed by atoms with Crippen LogP contribution in [0.2, 0.25) is 0 Å². The van der Waals surface area contributed by atoms with E-state index in [0.717, 1.165) is 42.5 Å². The number of benzene rings is 2. The summed E-state index contributed by atoms with van der Waals surface area (Å²) < 4.78 is 0. The van der Waals surface area contributed by atoms with Gasteiger partial charge < -0.3 is 4.98 Å². The predicted molar refractivity (Wildman–Crippen MR) is 141 cm³/mol. The summed E-state index contributed by atoms with van der Waals surface area (Å²) in [6.07, 6.45) is 2.56.